The van der Waals surface area contributed by atoms with Gasteiger partial charge in [0, 0.05) is 110 Å². The predicted octanol–water partition coefficient (Wildman–Crippen LogP) is 4.86. The minimum atomic E-state index is -2.68. The molecule has 3 saturated heterocycles. The lowest BCUT2D eigenvalue weighted by atomic mass is 9.87. The van der Waals surface area contributed by atoms with Crippen molar-refractivity contribution in [1.82, 2.24) is 29.9 Å². The van der Waals surface area contributed by atoms with Crippen LogP contribution < -0.4 is 10.2 Å². The summed E-state index contributed by atoms with van der Waals surface area (Å²) >= 11 is 0. The number of rotatable bonds is 8. The van der Waals surface area contributed by atoms with Gasteiger partial charge in [-0.1, -0.05) is 24.3 Å². The fourth-order valence-corrected chi connectivity index (χ4v) is 10.2. The highest BCUT2D eigenvalue weighted by molar-refractivity contribution is 6.05. The summed E-state index contributed by atoms with van der Waals surface area (Å²) in [4.78, 5) is 63.0. The van der Waals surface area contributed by atoms with Gasteiger partial charge >= 0.3 is 0 Å². The number of hydrogen-bond donors (Lipinski definition) is 2. The molecule has 2 N–H and O–H groups in total. The first kappa shape index (κ1) is 37.0. The zero-order valence-corrected chi connectivity index (χ0v) is 31.9. The fraction of sp³-hybridized carbons (Fsp3) is 0.442. The van der Waals surface area contributed by atoms with Crippen molar-refractivity contribution >= 4 is 40.2 Å². The van der Waals surface area contributed by atoms with Crippen LogP contribution in [-0.4, -0.2) is 105 Å². The SMILES string of the molecule is C[C@@H]1Cc2c([nH]c3ccccc23)[C@@H](c2c(F)cc(N3CC(CC(=O)N4CC(N5Cc6cc7c(cc6C5)C(=O)N(C5CCC(=O)NC5=O)C7)C4)C3)cc2F)N1CC(F)F. The summed E-state index contributed by atoms with van der Waals surface area (Å²) in [5, 5.41) is 3.26. The number of para-hydroxylation sites is 1. The maximum atomic E-state index is 16.1. The Labute approximate surface area is 331 Å². The summed E-state index contributed by atoms with van der Waals surface area (Å²) in [6, 6.07) is 12.2. The van der Waals surface area contributed by atoms with Crippen molar-refractivity contribution < 1.29 is 36.7 Å². The topological polar surface area (TPSA) is 112 Å². The molecule has 15 heteroatoms. The average molecular weight is 798 g/mol. The second kappa shape index (κ2) is 13.9. The first-order valence-electron chi connectivity index (χ1n) is 20.1. The van der Waals surface area contributed by atoms with Crippen LogP contribution in [0.4, 0.5) is 23.2 Å². The van der Waals surface area contributed by atoms with E-state index in [0.29, 0.717) is 82.0 Å². The first-order chi connectivity index (χ1) is 27.9. The number of halogens is 4. The number of benzene rings is 3. The monoisotopic (exact) mass is 797 g/mol. The Hall–Kier alpha value is -5.28. The van der Waals surface area contributed by atoms with Crippen LogP contribution in [0.2, 0.25) is 0 Å². The van der Waals surface area contributed by atoms with Gasteiger partial charge in [0.25, 0.3) is 12.3 Å². The molecule has 3 atom stereocenters. The Morgan fingerprint density at radius 1 is 0.914 bits per heavy atom. The average Bonchev–Trinajstić information content (AvgIpc) is 3.81. The Morgan fingerprint density at radius 3 is 2.36 bits per heavy atom. The molecule has 3 fully saturated rings. The van der Waals surface area contributed by atoms with E-state index in [0.717, 1.165) is 33.2 Å². The Balaban J connectivity index is 0.745. The number of hydrogen-bond acceptors (Lipinski definition) is 7. The number of aromatic amines is 1. The lowest BCUT2D eigenvalue weighted by Crippen LogP contribution is -2.60. The van der Waals surface area contributed by atoms with Crippen LogP contribution in [0.3, 0.4) is 0 Å². The van der Waals surface area contributed by atoms with E-state index in [9.17, 15) is 28.0 Å². The quantitative estimate of drug-likeness (QED) is 0.194. The number of anilines is 1. The maximum Gasteiger partial charge on any atom is 0.255 e. The molecule has 10 rings (SSSR count). The number of nitrogens with zero attached hydrogens (tertiary/aromatic N) is 5. The van der Waals surface area contributed by atoms with Crippen molar-refractivity contribution in [1.29, 1.82) is 0 Å². The maximum absolute atomic E-state index is 16.1. The number of alkyl halides is 2. The largest absolute Gasteiger partial charge is 0.371 e. The highest BCUT2D eigenvalue weighted by atomic mass is 19.3. The van der Waals surface area contributed by atoms with Crippen LogP contribution >= 0.6 is 0 Å². The van der Waals surface area contributed by atoms with Crippen molar-refractivity contribution in [2.24, 2.45) is 5.92 Å². The molecule has 4 aromatic rings. The van der Waals surface area contributed by atoms with Crippen LogP contribution in [0, 0.1) is 17.6 Å². The molecule has 0 aliphatic carbocycles. The summed E-state index contributed by atoms with van der Waals surface area (Å²) in [6.45, 7) is 5.04. The molecule has 6 aliphatic heterocycles. The Kier molecular flexibility index (Phi) is 8.89. The number of aromatic nitrogens is 1. The Morgan fingerprint density at radius 2 is 1.64 bits per heavy atom. The third-order valence-electron chi connectivity index (χ3n) is 13.3. The van der Waals surface area contributed by atoms with Gasteiger partial charge in [0.2, 0.25) is 17.7 Å². The lowest BCUT2D eigenvalue weighted by Gasteiger charge is -2.46. The smallest absolute Gasteiger partial charge is 0.255 e. The molecule has 1 unspecified atom stereocenters. The number of amides is 4. The van der Waals surface area contributed by atoms with Crippen LogP contribution in [0.25, 0.3) is 10.9 Å². The predicted molar refractivity (Wildman–Crippen MR) is 205 cm³/mol. The van der Waals surface area contributed by atoms with Gasteiger partial charge in [0.15, 0.2) is 0 Å². The first-order valence-corrected chi connectivity index (χ1v) is 20.1. The summed E-state index contributed by atoms with van der Waals surface area (Å²) < 4.78 is 59.9. The normalized spacial score (nSPS) is 24.0. The molecular formula is C43H43F4N7O4. The molecule has 0 spiro atoms. The zero-order valence-electron chi connectivity index (χ0n) is 31.9. The summed E-state index contributed by atoms with van der Waals surface area (Å²) in [5.74, 6) is -2.44. The van der Waals surface area contributed by atoms with E-state index in [2.05, 4.69) is 21.3 Å². The third kappa shape index (κ3) is 6.16. The van der Waals surface area contributed by atoms with Crippen LogP contribution in [0.1, 0.15) is 76.1 Å². The molecule has 6 aliphatic rings. The van der Waals surface area contributed by atoms with Crippen molar-refractivity contribution in [2.75, 3.05) is 37.6 Å². The number of likely N-dealkylation sites (tertiary alicyclic amines) is 1. The van der Waals surface area contributed by atoms with Crippen molar-refractivity contribution in [3.63, 3.8) is 0 Å². The van der Waals surface area contributed by atoms with E-state index in [4.69, 9.17) is 0 Å². The van der Waals surface area contributed by atoms with Gasteiger partial charge in [-0.2, -0.15) is 0 Å². The fourth-order valence-electron chi connectivity index (χ4n) is 10.2. The highest BCUT2D eigenvalue weighted by Crippen LogP contribution is 2.44. The summed E-state index contributed by atoms with van der Waals surface area (Å²) in [5.41, 5.74) is 6.02. The molecule has 11 nitrogen and oxygen atoms in total. The van der Waals surface area contributed by atoms with E-state index in [1.807, 2.05) is 47.1 Å². The van der Waals surface area contributed by atoms with Crippen LogP contribution in [0.5, 0.6) is 0 Å². The standard InChI is InChI=1S/C43H43F4N7O4/c1-22-8-31-29-4-2-3-5-34(29)48-40(31)41(53(22)21-36(46)47)39-32(44)12-27(13-33(39)45)50-14-23(15-50)9-38(56)52-19-28(20-52)51-16-24-10-26-18-54(35-6-7-37(55)49-42(35)57)43(58)30(26)11-25(24)17-51/h2-5,10-13,22-23,28,35-36,41,48H,6-9,14-21H2,1H3,(H,49,55,57)/t22-,35?,41-/m1/s1. The lowest BCUT2D eigenvalue weighted by molar-refractivity contribution is -0.140. The third-order valence-corrected chi connectivity index (χ3v) is 13.3. The van der Waals surface area contributed by atoms with Crippen LogP contribution in [0.15, 0.2) is 48.5 Å². The molecule has 0 saturated carbocycles. The van der Waals surface area contributed by atoms with Crippen molar-refractivity contribution in [3.8, 4) is 0 Å². The number of nitrogens with one attached hydrogen (secondary N) is 2. The van der Waals surface area contributed by atoms with E-state index in [-0.39, 0.29) is 47.7 Å². The summed E-state index contributed by atoms with van der Waals surface area (Å²) in [6.07, 6.45) is -1.34. The number of imide groups is 1. The molecular weight excluding hydrogens is 755 g/mol. The van der Waals surface area contributed by atoms with E-state index >= 15 is 8.78 Å². The van der Waals surface area contributed by atoms with Gasteiger partial charge < -0.3 is 19.7 Å². The summed E-state index contributed by atoms with van der Waals surface area (Å²) in [7, 11) is 0. The van der Waals surface area contributed by atoms with Gasteiger partial charge in [0.05, 0.1) is 12.6 Å². The van der Waals surface area contributed by atoms with E-state index in [1.165, 1.54) is 17.0 Å². The van der Waals surface area contributed by atoms with Gasteiger partial charge in [-0.25, -0.2) is 17.6 Å². The minimum absolute atomic E-state index is 0.0303. The van der Waals surface area contributed by atoms with Crippen LogP contribution in [-0.2, 0) is 40.4 Å². The van der Waals surface area contributed by atoms with Gasteiger partial charge in [-0.15, -0.1) is 0 Å². The van der Waals surface area contributed by atoms with Crippen molar-refractivity contribution in [3.05, 3.63) is 99.2 Å². The van der Waals surface area contributed by atoms with Gasteiger partial charge in [-0.3, -0.25) is 34.3 Å². The number of carbonyl (C=O) groups is 4. The number of piperidine rings is 1. The second-order valence-electron chi connectivity index (χ2n) is 16.9. The zero-order chi connectivity index (χ0) is 40.1. The highest BCUT2D eigenvalue weighted by Gasteiger charge is 2.44. The molecule has 7 heterocycles. The Bertz CT molecular complexity index is 2370. The van der Waals surface area contributed by atoms with Gasteiger partial charge in [0.1, 0.15) is 17.7 Å². The number of fused-ring (bicyclic) bond motifs is 5. The molecule has 58 heavy (non-hydrogen) atoms. The molecule has 4 amide bonds. The van der Waals surface area contributed by atoms with Gasteiger partial charge in [-0.05, 0) is 66.3 Å². The molecule has 0 radical (unpaired) electrons. The van der Waals surface area contributed by atoms with E-state index < -0.39 is 42.6 Å². The van der Waals surface area contributed by atoms with E-state index in [1.54, 1.807) is 4.90 Å². The van der Waals surface area contributed by atoms with Crippen molar-refractivity contribution in [2.45, 2.75) is 82.8 Å². The molecule has 0 bridgehead atoms. The molecule has 3 aromatic carbocycles. The molecule has 302 valence electrons. The number of H-pyrrole nitrogens is 1. The second-order valence-corrected chi connectivity index (χ2v) is 16.9. The molecule has 1 aromatic heterocycles. The minimum Gasteiger partial charge on any atom is -0.371 e. The number of carbonyl (C=O) groups excluding carboxylic acids is 4.